The predicted molar refractivity (Wildman–Crippen MR) is 71.7 cm³/mol. The van der Waals surface area contributed by atoms with Gasteiger partial charge in [-0.2, -0.15) is 0 Å². The molecule has 92 valence electrons. The fourth-order valence-corrected chi connectivity index (χ4v) is 1.73. The first-order valence-electron chi connectivity index (χ1n) is 5.18. The molecule has 1 heterocycles. The van der Waals surface area contributed by atoms with Crippen LogP contribution in [0.3, 0.4) is 0 Å². The molecule has 0 bridgehead atoms. The Hall–Kier alpha value is -1.95. The van der Waals surface area contributed by atoms with Crippen LogP contribution in [-0.4, -0.2) is 15.9 Å². The second kappa shape index (κ2) is 5.14. The Labute approximate surface area is 111 Å². The van der Waals surface area contributed by atoms with Gasteiger partial charge in [0.2, 0.25) is 0 Å². The number of halogens is 1. The van der Waals surface area contributed by atoms with Crippen molar-refractivity contribution in [2.45, 2.75) is 6.92 Å². The molecule has 6 heteroatoms. The zero-order valence-corrected chi connectivity index (χ0v) is 11.1. The zero-order chi connectivity index (χ0) is 13.1. The summed E-state index contributed by atoms with van der Waals surface area (Å²) in [6, 6.07) is 5.62. The summed E-state index contributed by atoms with van der Waals surface area (Å²) < 4.78 is 0.783. The highest BCUT2D eigenvalue weighted by Crippen LogP contribution is 2.23. The lowest BCUT2D eigenvalue weighted by Gasteiger charge is -2.07. The molecule has 0 spiro atoms. The minimum atomic E-state index is -0.377. The van der Waals surface area contributed by atoms with Crippen LogP contribution in [0.2, 0.25) is 0 Å². The molecule has 0 aliphatic rings. The minimum Gasteiger partial charge on any atom is -0.325 e. The van der Waals surface area contributed by atoms with Crippen LogP contribution >= 0.6 is 15.9 Å². The van der Waals surface area contributed by atoms with E-state index in [4.69, 9.17) is 0 Å². The van der Waals surface area contributed by atoms with Gasteiger partial charge < -0.3 is 10.3 Å². The molecule has 2 N–H and O–H groups in total. The Morgan fingerprint density at radius 2 is 2.22 bits per heavy atom. The maximum absolute atomic E-state index is 11.9. The average Bonchev–Trinajstić information content (AvgIpc) is 2.34. The lowest BCUT2D eigenvalue weighted by atomic mass is 10.2. The summed E-state index contributed by atoms with van der Waals surface area (Å²) in [6.07, 6.45) is 2.35. The Morgan fingerprint density at radius 1 is 1.44 bits per heavy atom. The first kappa shape index (κ1) is 12.5. The molecule has 0 fully saturated rings. The number of nitrogens with one attached hydrogen (secondary N) is 2. The van der Waals surface area contributed by atoms with Crippen LogP contribution in [0.25, 0.3) is 0 Å². The quantitative estimate of drug-likeness (QED) is 0.892. The van der Waals surface area contributed by atoms with E-state index in [0.29, 0.717) is 5.69 Å². The number of nitrogens with zero attached hydrogens (tertiary/aromatic N) is 1. The minimum absolute atomic E-state index is 0.156. The summed E-state index contributed by atoms with van der Waals surface area (Å²) in [5.74, 6) is -0.377. The van der Waals surface area contributed by atoms with Crippen LogP contribution in [0.4, 0.5) is 5.69 Å². The van der Waals surface area contributed by atoms with Gasteiger partial charge in [0.15, 0.2) is 0 Å². The number of carbonyl (C=O) groups excluding carboxylic acids is 1. The molecule has 0 radical (unpaired) electrons. The molecule has 2 rings (SSSR count). The maximum Gasteiger partial charge on any atom is 0.275 e. The topological polar surface area (TPSA) is 74.8 Å². The molecule has 2 aromatic rings. The summed E-state index contributed by atoms with van der Waals surface area (Å²) in [5.41, 5.74) is 1.50. The molecule has 0 aliphatic carbocycles. The van der Waals surface area contributed by atoms with Gasteiger partial charge in [-0.25, -0.2) is 4.98 Å². The van der Waals surface area contributed by atoms with E-state index in [1.807, 2.05) is 25.1 Å². The van der Waals surface area contributed by atoms with Crippen LogP contribution in [0.15, 0.2) is 39.9 Å². The lowest BCUT2D eigenvalue weighted by Crippen LogP contribution is -2.17. The number of rotatable bonds is 2. The third kappa shape index (κ3) is 2.84. The van der Waals surface area contributed by atoms with Crippen molar-refractivity contribution in [3.8, 4) is 0 Å². The van der Waals surface area contributed by atoms with Crippen LogP contribution in [-0.2, 0) is 0 Å². The van der Waals surface area contributed by atoms with E-state index in [1.165, 1.54) is 6.20 Å². The van der Waals surface area contributed by atoms with Gasteiger partial charge in [-0.05, 0) is 40.5 Å². The van der Waals surface area contributed by atoms with Crippen molar-refractivity contribution in [2.24, 2.45) is 0 Å². The third-order valence-corrected chi connectivity index (χ3v) is 2.97. The molecule has 0 unspecified atom stereocenters. The van der Waals surface area contributed by atoms with Gasteiger partial charge in [-0.3, -0.25) is 9.59 Å². The van der Waals surface area contributed by atoms with E-state index in [-0.39, 0.29) is 17.2 Å². The van der Waals surface area contributed by atoms with Gasteiger partial charge in [-0.15, -0.1) is 0 Å². The molecule has 1 amide bonds. The van der Waals surface area contributed by atoms with Crippen molar-refractivity contribution in [3.05, 3.63) is 56.7 Å². The molecule has 5 nitrogen and oxygen atoms in total. The second-order valence-electron chi connectivity index (χ2n) is 3.73. The van der Waals surface area contributed by atoms with E-state index in [2.05, 4.69) is 31.2 Å². The number of anilines is 1. The number of aryl methyl sites for hydroxylation is 1. The van der Waals surface area contributed by atoms with Crippen molar-refractivity contribution in [2.75, 3.05) is 5.32 Å². The molecule has 1 aromatic carbocycles. The molecule has 0 saturated heterocycles. The van der Waals surface area contributed by atoms with Gasteiger partial charge in [0, 0.05) is 10.7 Å². The second-order valence-corrected chi connectivity index (χ2v) is 4.59. The van der Waals surface area contributed by atoms with E-state index >= 15 is 0 Å². The summed E-state index contributed by atoms with van der Waals surface area (Å²) in [5, 5.41) is 2.72. The van der Waals surface area contributed by atoms with E-state index in [9.17, 15) is 9.59 Å². The highest BCUT2D eigenvalue weighted by molar-refractivity contribution is 9.10. The Morgan fingerprint density at radius 3 is 2.89 bits per heavy atom. The fourth-order valence-electron chi connectivity index (χ4n) is 1.39. The summed E-state index contributed by atoms with van der Waals surface area (Å²) in [6.45, 7) is 1.93. The summed E-state index contributed by atoms with van der Waals surface area (Å²) in [4.78, 5) is 28.9. The highest BCUT2D eigenvalue weighted by Gasteiger charge is 2.09. The van der Waals surface area contributed by atoms with Crippen molar-refractivity contribution in [1.29, 1.82) is 0 Å². The van der Waals surface area contributed by atoms with Crippen LogP contribution < -0.4 is 10.9 Å². The molecule has 1 aromatic heterocycles. The zero-order valence-electron chi connectivity index (χ0n) is 9.53. The van der Waals surface area contributed by atoms with E-state index in [0.717, 1.165) is 16.2 Å². The van der Waals surface area contributed by atoms with E-state index < -0.39 is 0 Å². The Balaban J connectivity index is 2.23. The van der Waals surface area contributed by atoms with Crippen molar-refractivity contribution in [3.63, 3.8) is 0 Å². The first-order chi connectivity index (χ1) is 8.56. The number of H-pyrrole nitrogens is 1. The summed E-state index contributed by atoms with van der Waals surface area (Å²) in [7, 11) is 0. The molecule has 0 aliphatic heterocycles. The third-order valence-electron chi connectivity index (χ3n) is 2.27. The molecule has 0 saturated carbocycles. The maximum atomic E-state index is 11.9. The highest BCUT2D eigenvalue weighted by atomic mass is 79.9. The Kier molecular flexibility index (Phi) is 3.57. The average molecular weight is 308 g/mol. The SMILES string of the molecule is Cc1ccc(Br)c(NC(=O)c2c[nH]c(=O)cn2)c1. The number of benzene rings is 1. The number of amides is 1. The Bertz CT molecular complexity index is 632. The first-order valence-corrected chi connectivity index (χ1v) is 5.98. The number of aromatic amines is 1. The predicted octanol–water partition coefficient (Wildman–Crippen LogP) is 2.09. The van der Waals surface area contributed by atoms with Crippen LogP contribution in [0, 0.1) is 6.92 Å². The van der Waals surface area contributed by atoms with Gasteiger partial charge in [0.25, 0.3) is 11.5 Å². The van der Waals surface area contributed by atoms with E-state index in [1.54, 1.807) is 0 Å². The van der Waals surface area contributed by atoms with Crippen molar-refractivity contribution in [1.82, 2.24) is 9.97 Å². The molecule has 18 heavy (non-hydrogen) atoms. The normalized spacial score (nSPS) is 10.1. The smallest absolute Gasteiger partial charge is 0.275 e. The van der Waals surface area contributed by atoms with Gasteiger partial charge in [0.1, 0.15) is 5.69 Å². The molecular weight excluding hydrogens is 298 g/mol. The number of hydrogen-bond donors (Lipinski definition) is 2. The van der Waals surface area contributed by atoms with Gasteiger partial charge >= 0.3 is 0 Å². The lowest BCUT2D eigenvalue weighted by molar-refractivity contribution is 0.102. The summed E-state index contributed by atoms with van der Waals surface area (Å²) >= 11 is 3.35. The van der Waals surface area contributed by atoms with Crippen molar-refractivity contribution < 1.29 is 4.79 Å². The van der Waals surface area contributed by atoms with Crippen LogP contribution in [0.5, 0.6) is 0 Å². The number of hydrogen-bond acceptors (Lipinski definition) is 3. The molecule has 0 atom stereocenters. The number of carbonyl (C=O) groups is 1. The van der Waals surface area contributed by atoms with Gasteiger partial charge in [-0.1, -0.05) is 6.07 Å². The fraction of sp³-hybridized carbons (Fsp3) is 0.0833. The van der Waals surface area contributed by atoms with Crippen molar-refractivity contribution >= 4 is 27.5 Å². The standard InChI is InChI=1S/C12H10BrN3O2/c1-7-2-3-8(13)9(4-7)16-12(18)10-5-15-11(17)6-14-10/h2-6H,1H3,(H,15,17)(H,16,18). The molecular formula is C12H10BrN3O2. The van der Waals surface area contributed by atoms with Crippen LogP contribution in [0.1, 0.15) is 16.1 Å². The van der Waals surface area contributed by atoms with Gasteiger partial charge in [0.05, 0.1) is 11.9 Å². The number of aromatic nitrogens is 2. The largest absolute Gasteiger partial charge is 0.325 e. The monoisotopic (exact) mass is 307 g/mol.